The van der Waals surface area contributed by atoms with E-state index in [0.717, 1.165) is 0 Å². The molecule has 0 aliphatic rings. The predicted molar refractivity (Wildman–Crippen MR) is 84.4 cm³/mol. The lowest BCUT2D eigenvalue weighted by Crippen LogP contribution is -2.43. The van der Waals surface area contributed by atoms with Gasteiger partial charge in [-0.3, -0.25) is 25.2 Å². The second-order valence-electron chi connectivity index (χ2n) is 4.43. The van der Waals surface area contributed by atoms with Crippen LogP contribution in [0, 0.1) is 0 Å². The van der Waals surface area contributed by atoms with Crippen molar-refractivity contribution >= 4 is 29.7 Å². The minimum absolute atomic E-state index is 0.238. The molecule has 2 rings (SSSR count). The van der Waals surface area contributed by atoms with Crippen molar-refractivity contribution in [3.63, 3.8) is 0 Å². The molecule has 0 fully saturated rings. The number of amides is 2. The average Bonchev–Trinajstić information content (AvgIpc) is 2.58. The van der Waals surface area contributed by atoms with Gasteiger partial charge in [-0.25, -0.2) is 0 Å². The Morgan fingerprint density at radius 1 is 1.04 bits per heavy atom. The van der Waals surface area contributed by atoms with Crippen LogP contribution in [0.1, 0.15) is 20.7 Å². The van der Waals surface area contributed by atoms with Gasteiger partial charge in [-0.2, -0.15) is 0 Å². The summed E-state index contributed by atoms with van der Waals surface area (Å²) in [4.78, 5) is 34.3. The molecular weight excluding hydrogens is 320 g/mol. The molecular formula is C16H13ClN2O4. The minimum Gasteiger partial charge on any atom is -0.483 e. The number of benzene rings is 2. The van der Waals surface area contributed by atoms with E-state index in [1.165, 1.54) is 6.07 Å². The highest BCUT2D eigenvalue weighted by molar-refractivity contribution is 6.33. The van der Waals surface area contributed by atoms with Crippen LogP contribution in [0.15, 0.2) is 48.5 Å². The lowest BCUT2D eigenvalue weighted by atomic mass is 10.2. The van der Waals surface area contributed by atoms with E-state index < -0.39 is 11.8 Å². The van der Waals surface area contributed by atoms with Crippen molar-refractivity contribution < 1.29 is 19.1 Å². The van der Waals surface area contributed by atoms with E-state index in [0.29, 0.717) is 11.8 Å². The maximum atomic E-state index is 11.8. The van der Waals surface area contributed by atoms with E-state index in [1.54, 1.807) is 42.5 Å². The first kappa shape index (κ1) is 16.5. The molecule has 0 saturated heterocycles. The Hall–Kier alpha value is -2.86. The fourth-order valence-corrected chi connectivity index (χ4v) is 1.95. The van der Waals surface area contributed by atoms with Crippen LogP contribution in [0.25, 0.3) is 0 Å². The van der Waals surface area contributed by atoms with E-state index in [-0.39, 0.29) is 22.9 Å². The lowest BCUT2D eigenvalue weighted by molar-refractivity contribution is -0.123. The van der Waals surface area contributed by atoms with Gasteiger partial charge in [0.1, 0.15) is 5.75 Å². The van der Waals surface area contributed by atoms with Gasteiger partial charge in [-0.05, 0) is 24.3 Å². The number of hydrogen-bond donors (Lipinski definition) is 2. The van der Waals surface area contributed by atoms with Crippen LogP contribution in [0.5, 0.6) is 5.75 Å². The van der Waals surface area contributed by atoms with E-state index in [9.17, 15) is 14.4 Å². The third-order valence-corrected chi connectivity index (χ3v) is 3.17. The largest absolute Gasteiger partial charge is 0.483 e. The Balaban J connectivity index is 1.85. The second kappa shape index (κ2) is 7.95. The number of ether oxygens (including phenoxy) is 1. The molecule has 0 heterocycles. The maximum absolute atomic E-state index is 11.8. The van der Waals surface area contributed by atoms with Gasteiger partial charge in [0.2, 0.25) is 0 Å². The average molecular weight is 333 g/mol. The Morgan fingerprint density at radius 2 is 1.74 bits per heavy atom. The Bertz CT molecular complexity index is 734. The van der Waals surface area contributed by atoms with Crippen molar-refractivity contribution in [1.29, 1.82) is 0 Å². The molecule has 2 aromatic carbocycles. The van der Waals surface area contributed by atoms with Gasteiger partial charge in [0.05, 0.1) is 16.1 Å². The number of carbonyl (C=O) groups is 3. The number of carbonyl (C=O) groups excluding carboxylic acids is 3. The topological polar surface area (TPSA) is 84.5 Å². The first-order chi connectivity index (χ1) is 11.1. The molecule has 0 bridgehead atoms. The second-order valence-corrected chi connectivity index (χ2v) is 4.83. The van der Waals surface area contributed by atoms with E-state index >= 15 is 0 Å². The number of halogens is 1. The van der Waals surface area contributed by atoms with E-state index in [1.807, 2.05) is 0 Å². The van der Waals surface area contributed by atoms with Crippen LogP contribution in [-0.4, -0.2) is 24.7 Å². The standard InChI is InChI=1S/C16H13ClN2O4/c17-13-7-3-2-6-12(13)16(22)19-18-15(21)10-23-14-8-4-1-5-11(14)9-20/h1-9H,10H2,(H,18,21)(H,19,22). The highest BCUT2D eigenvalue weighted by Gasteiger charge is 2.11. The first-order valence-corrected chi connectivity index (χ1v) is 7.00. The smallest absolute Gasteiger partial charge is 0.276 e. The molecule has 0 saturated carbocycles. The summed E-state index contributed by atoms with van der Waals surface area (Å²) in [6, 6.07) is 12.9. The molecule has 2 aromatic rings. The van der Waals surface area contributed by atoms with Gasteiger partial charge in [0.25, 0.3) is 11.8 Å². The van der Waals surface area contributed by atoms with Crippen molar-refractivity contribution in [1.82, 2.24) is 10.9 Å². The van der Waals surface area contributed by atoms with Crippen LogP contribution < -0.4 is 15.6 Å². The summed E-state index contributed by atoms with van der Waals surface area (Å²) in [5.41, 5.74) is 5.01. The molecule has 2 N–H and O–H groups in total. The molecule has 7 heteroatoms. The highest BCUT2D eigenvalue weighted by atomic mass is 35.5. The zero-order valence-corrected chi connectivity index (χ0v) is 12.7. The van der Waals surface area contributed by atoms with Crippen LogP contribution >= 0.6 is 11.6 Å². The van der Waals surface area contributed by atoms with Crippen LogP contribution in [0.4, 0.5) is 0 Å². The molecule has 0 aliphatic heterocycles. The number of hydrogen-bond acceptors (Lipinski definition) is 4. The normalized spacial score (nSPS) is 9.78. The number of aldehydes is 1. The molecule has 0 atom stereocenters. The molecule has 0 aromatic heterocycles. The molecule has 0 unspecified atom stereocenters. The summed E-state index contributed by atoms with van der Waals surface area (Å²) in [6.07, 6.45) is 0.631. The van der Waals surface area contributed by atoms with E-state index in [2.05, 4.69) is 10.9 Å². The van der Waals surface area contributed by atoms with Crippen molar-refractivity contribution in [2.24, 2.45) is 0 Å². The predicted octanol–water partition coefficient (Wildman–Crippen LogP) is 1.99. The lowest BCUT2D eigenvalue weighted by Gasteiger charge is -2.10. The summed E-state index contributed by atoms with van der Waals surface area (Å²) in [5.74, 6) is -0.835. The first-order valence-electron chi connectivity index (χ1n) is 6.62. The molecule has 118 valence electrons. The van der Waals surface area contributed by atoms with Gasteiger partial charge in [-0.1, -0.05) is 35.9 Å². The molecule has 2 amide bonds. The quantitative estimate of drug-likeness (QED) is 0.648. The van der Waals surface area contributed by atoms with Gasteiger partial charge in [-0.15, -0.1) is 0 Å². The summed E-state index contributed by atoms with van der Waals surface area (Å²) >= 11 is 5.88. The third-order valence-electron chi connectivity index (χ3n) is 2.84. The Kier molecular flexibility index (Phi) is 5.71. The van der Waals surface area contributed by atoms with Crippen LogP contribution in [0.3, 0.4) is 0 Å². The van der Waals surface area contributed by atoms with Gasteiger partial charge in [0.15, 0.2) is 12.9 Å². The molecule has 23 heavy (non-hydrogen) atoms. The molecule has 0 spiro atoms. The zero-order valence-electron chi connectivity index (χ0n) is 11.9. The van der Waals surface area contributed by atoms with Gasteiger partial charge >= 0.3 is 0 Å². The van der Waals surface area contributed by atoms with E-state index in [4.69, 9.17) is 16.3 Å². The number of nitrogens with one attached hydrogen (secondary N) is 2. The fourth-order valence-electron chi connectivity index (χ4n) is 1.73. The number of rotatable bonds is 5. The van der Waals surface area contributed by atoms with Gasteiger partial charge < -0.3 is 4.74 Å². The minimum atomic E-state index is -0.578. The highest BCUT2D eigenvalue weighted by Crippen LogP contribution is 2.15. The molecule has 0 radical (unpaired) electrons. The molecule has 0 aliphatic carbocycles. The van der Waals surface area contributed by atoms with Gasteiger partial charge in [0, 0.05) is 0 Å². The Morgan fingerprint density at radius 3 is 2.48 bits per heavy atom. The van der Waals surface area contributed by atoms with Crippen molar-refractivity contribution in [3.8, 4) is 5.75 Å². The summed E-state index contributed by atoms with van der Waals surface area (Å²) in [6.45, 7) is -0.354. The van der Waals surface area contributed by atoms with Crippen molar-refractivity contribution in [2.45, 2.75) is 0 Å². The Labute approximate surface area is 137 Å². The van der Waals surface area contributed by atoms with Crippen molar-refractivity contribution in [2.75, 3.05) is 6.61 Å². The SMILES string of the molecule is O=Cc1ccccc1OCC(=O)NNC(=O)c1ccccc1Cl. The number of hydrazine groups is 1. The summed E-state index contributed by atoms with van der Waals surface area (Å²) in [7, 11) is 0. The summed E-state index contributed by atoms with van der Waals surface area (Å²) in [5, 5.41) is 0.274. The van der Waals surface area contributed by atoms with Crippen LogP contribution in [0.2, 0.25) is 5.02 Å². The molecule has 6 nitrogen and oxygen atoms in total. The third kappa shape index (κ3) is 4.55. The van der Waals surface area contributed by atoms with Crippen LogP contribution in [-0.2, 0) is 4.79 Å². The fraction of sp³-hybridized carbons (Fsp3) is 0.0625. The monoisotopic (exact) mass is 332 g/mol. The van der Waals surface area contributed by atoms with Crippen molar-refractivity contribution in [3.05, 3.63) is 64.7 Å². The summed E-state index contributed by atoms with van der Waals surface area (Å²) < 4.78 is 5.23. The number of para-hydroxylation sites is 1. The zero-order chi connectivity index (χ0) is 16.7. The maximum Gasteiger partial charge on any atom is 0.276 e.